The molecule has 1 aliphatic rings. The number of Topliss-reactive ketones (excluding diaryl/α,β-unsaturated/α-hetero) is 1. The zero-order valence-electron chi connectivity index (χ0n) is 15.3. The van der Waals surface area contributed by atoms with Crippen LogP contribution in [0, 0.1) is 0 Å². The Morgan fingerprint density at radius 1 is 1.00 bits per heavy atom. The van der Waals surface area contributed by atoms with Crippen LogP contribution in [0.3, 0.4) is 0 Å². The van der Waals surface area contributed by atoms with Gasteiger partial charge in [0, 0.05) is 22.8 Å². The molecule has 4 rings (SSSR count). The Morgan fingerprint density at radius 2 is 1.71 bits per heavy atom. The molecular formula is C23H18ClNO3. The molecule has 1 aliphatic heterocycles. The first-order valence-corrected chi connectivity index (χ1v) is 9.26. The molecule has 0 fully saturated rings. The van der Waals surface area contributed by atoms with E-state index in [1.165, 1.54) is 7.11 Å². The molecule has 0 amide bonds. The lowest BCUT2D eigenvalue weighted by Gasteiger charge is -2.37. The Labute approximate surface area is 168 Å². The van der Waals surface area contributed by atoms with Crippen molar-refractivity contribution in [3.05, 3.63) is 101 Å². The number of hydrogen-bond acceptors (Lipinski definition) is 4. The number of halogens is 1. The first-order valence-electron chi connectivity index (χ1n) is 8.89. The molecule has 0 aromatic heterocycles. The first-order chi connectivity index (χ1) is 13.6. The van der Waals surface area contributed by atoms with Crippen molar-refractivity contribution in [3.8, 4) is 0 Å². The topological polar surface area (TPSA) is 46.6 Å². The maximum absolute atomic E-state index is 13.6. The molecule has 0 saturated heterocycles. The van der Waals surface area contributed by atoms with E-state index in [-0.39, 0.29) is 5.78 Å². The van der Waals surface area contributed by atoms with E-state index >= 15 is 0 Å². The summed E-state index contributed by atoms with van der Waals surface area (Å²) in [5.41, 5.74) is 1.02. The molecule has 5 heteroatoms. The van der Waals surface area contributed by atoms with E-state index in [0.717, 1.165) is 5.56 Å². The van der Waals surface area contributed by atoms with Crippen LogP contribution in [0.2, 0.25) is 5.02 Å². The number of carbonyl (C=O) groups is 2. The number of anilines is 1. The third-order valence-corrected chi connectivity index (χ3v) is 5.31. The standard InChI is InChI=1S/C23H18ClNO3/c1-28-22(27)23(17-10-7-11-18(24)14-17)21(26)19-12-5-6-13-20(19)25(23)15-16-8-3-2-4-9-16/h2-14H,15H2,1H3. The molecule has 0 spiro atoms. The van der Waals surface area contributed by atoms with Crippen LogP contribution < -0.4 is 4.90 Å². The van der Waals surface area contributed by atoms with Gasteiger partial charge in [-0.15, -0.1) is 0 Å². The van der Waals surface area contributed by atoms with E-state index in [1.54, 1.807) is 36.4 Å². The van der Waals surface area contributed by atoms with Gasteiger partial charge in [0.05, 0.1) is 7.11 Å². The maximum Gasteiger partial charge on any atom is 0.344 e. The molecule has 140 valence electrons. The second-order valence-electron chi connectivity index (χ2n) is 6.63. The second-order valence-corrected chi connectivity index (χ2v) is 7.07. The molecule has 1 heterocycles. The minimum absolute atomic E-state index is 0.312. The van der Waals surface area contributed by atoms with Crippen LogP contribution >= 0.6 is 11.6 Å². The number of ether oxygens (including phenoxy) is 1. The first kappa shape index (κ1) is 18.3. The van der Waals surface area contributed by atoms with Crippen molar-refractivity contribution in [2.75, 3.05) is 12.0 Å². The molecule has 0 N–H and O–H groups in total. The van der Waals surface area contributed by atoms with Gasteiger partial charge in [-0.3, -0.25) is 4.79 Å². The number of para-hydroxylation sites is 1. The number of benzene rings is 3. The van der Waals surface area contributed by atoms with Crippen molar-refractivity contribution >= 4 is 29.0 Å². The van der Waals surface area contributed by atoms with E-state index in [2.05, 4.69) is 0 Å². The van der Waals surface area contributed by atoms with Crippen molar-refractivity contribution < 1.29 is 14.3 Å². The Morgan fingerprint density at radius 3 is 2.43 bits per heavy atom. The molecule has 0 saturated carbocycles. The molecule has 3 aromatic rings. The third kappa shape index (κ3) is 2.69. The number of esters is 1. The van der Waals surface area contributed by atoms with Crippen LogP contribution in [0.5, 0.6) is 0 Å². The summed E-state index contributed by atoms with van der Waals surface area (Å²) in [6.45, 7) is 0.366. The molecule has 1 unspecified atom stereocenters. The highest BCUT2D eigenvalue weighted by molar-refractivity contribution is 6.31. The van der Waals surface area contributed by atoms with Gasteiger partial charge in [-0.1, -0.05) is 66.2 Å². The zero-order valence-corrected chi connectivity index (χ0v) is 16.0. The van der Waals surface area contributed by atoms with Crippen LogP contribution in [-0.4, -0.2) is 18.9 Å². The molecule has 4 nitrogen and oxygen atoms in total. The van der Waals surface area contributed by atoms with Crippen molar-refractivity contribution in [2.45, 2.75) is 12.1 Å². The highest BCUT2D eigenvalue weighted by Crippen LogP contribution is 2.47. The van der Waals surface area contributed by atoms with Crippen LogP contribution in [0.4, 0.5) is 5.69 Å². The van der Waals surface area contributed by atoms with Crippen LogP contribution in [-0.2, 0) is 21.6 Å². The molecule has 3 aromatic carbocycles. The van der Waals surface area contributed by atoms with Crippen molar-refractivity contribution in [1.29, 1.82) is 0 Å². The van der Waals surface area contributed by atoms with Gasteiger partial charge in [-0.2, -0.15) is 0 Å². The van der Waals surface area contributed by atoms with E-state index in [0.29, 0.717) is 28.4 Å². The van der Waals surface area contributed by atoms with Gasteiger partial charge < -0.3 is 9.64 Å². The fraction of sp³-hybridized carbons (Fsp3) is 0.130. The number of methoxy groups -OCH3 is 1. The van der Waals surface area contributed by atoms with E-state index in [1.807, 2.05) is 47.4 Å². The maximum atomic E-state index is 13.6. The highest BCUT2D eigenvalue weighted by Gasteiger charge is 2.59. The van der Waals surface area contributed by atoms with Gasteiger partial charge in [0.25, 0.3) is 0 Å². The van der Waals surface area contributed by atoms with E-state index < -0.39 is 11.5 Å². The minimum Gasteiger partial charge on any atom is -0.467 e. The summed E-state index contributed by atoms with van der Waals surface area (Å²) in [6, 6.07) is 23.8. The quantitative estimate of drug-likeness (QED) is 0.481. The third-order valence-electron chi connectivity index (χ3n) is 5.08. The fourth-order valence-electron chi connectivity index (χ4n) is 3.84. The minimum atomic E-state index is -1.63. The summed E-state index contributed by atoms with van der Waals surface area (Å²) in [5, 5.41) is 0.448. The lowest BCUT2D eigenvalue weighted by Crippen LogP contribution is -2.54. The number of fused-ring (bicyclic) bond motifs is 1. The lowest BCUT2D eigenvalue weighted by molar-refractivity contribution is -0.145. The van der Waals surface area contributed by atoms with Gasteiger partial charge in [-0.05, 0) is 35.4 Å². The lowest BCUT2D eigenvalue weighted by atomic mass is 9.84. The summed E-state index contributed by atoms with van der Waals surface area (Å²) in [5.74, 6) is -0.944. The summed E-state index contributed by atoms with van der Waals surface area (Å²) < 4.78 is 5.16. The van der Waals surface area contributed by atoms with Gasteiger partial charge in [0.1, 0.15) is 0 Å². The number of nitrogens with zero attached hydrogens (tertiary/aromatic N) is 1. The Bertz CT molecular complexity index is 1050. The molecular weight excluding hydrogens is 374 g/mol. The van der Waals surface area contributed by atoms with Gasteiger partial charge in [-0.25, -0.2) is 4.79 Å². The number of carbonyl (C=O) groups excluding carboxylic acids is 2. The van der Waals surface area contributed by atoms with Crippen LogP contribution in [0.1, 0.15) is 21.5 Å². The molecule has 28 heavy (non-hydrogen) atoms. The largest absolute Gasteiger partial charge is 0.467 e. The molecule has 0 radical (unpaired) electrons. The predicted molar refractivity (Wildman–Crippen MR) is 109 cm³/mol. The summed E-state index contributed by atoms with van der Waals surface area (Å²) in [4.78, 5) is 28.7. The Hall–Kier alpha value is -3.11. The molecule has 0 aliphatic carbocycles. The normalized spacial score (nSPS) is 18.1. The zero-order chi connectivity index (χ0) is 19.7. The Balaban J connectivity index is 1.98. The number of ketones is 1. The van der Waals surface area contributed by atoms with Crippen LogP contribution in [0.15, 0.2) is 78.9 Å². The predicted octanol–water partition coefficient (Wildman–Crippen LogP) is 4.61. The number of rotatable bonds is 4. The summed E-state index contributed by atoms with van der Waals surface area (Å²) in [6.07, 6.45) is 0. The second kappa shape index (κ2) is 7.13. The highest BCUT2D eigenvalue weighted by atomic mass is 35.5. The monoisotopic (exact) mass is 391 g/mol. The SMILES string of the molecule is COC(=O)C1(c2cccc(Cl)c2)C(=O)c2ccccc2N1Cc1ccccc1. The molecule has 0 bridgehead atoms. The summed E-state index contributed by atoms with van der Waals surface area (Å²) >= 11 is 6.22. The van der Waals surface area contributed by atoms with Crippen LogP contribution in [0.25, 0.3) is 0 Å². The summed E-state index contributed by atoms with van der Waals surface area (Å²) in [7, 11) is 1.30. The van der Waals surface area contributed by atoms with Crippen molar-refractivity contribution in [1.82, 2.24) is 0 Å². The molecule has 1 atom stereocenters. The van der Waals surface area contributed by atoms with Gasteiger partial charge >= 0.3 is 5.97 Å². The average molecular weight is 392 g/mol. The smallest absolute Gasteiger partial charge is 0.344 e. The van der Waals surface area contributed by atoms with Crippen molar-refractivity contribution in [3.63, 3.8) is 0 Å². The van der Waals surface area contributed by atoms with Crippen molar-refractivity contribution in [2.24, 2.45) is 0 Å². The fourth-order valence-corrected chi connectivity index (χ4v) is 4.03. The van der Waals surface area contributed by atoms with E-state index in [9.17, 15) is 9.59 Å². The van der Waals surface area contributed by atoms with E-state index in [4.69, 9.17) is 16.3 Å². The van der Waals surface area contributed by atoms with Gasteiger partial charge in [0.15, 0.2) is 0 Å². The number of hydrogen-bond donors (Lipinski definition) is 0. The Kier molecular flexibility index (Phi) is 4.65. The average Bonchev–Trinajstić information content (AvgIpc) is 2.98. The van der Waals surface area contributed by atoms with Gasteiger partial charge in [0.2, 0.25) is 11.3 Å².